The van der Waals surface area contributed by atoms with Crippen LogP contribution in [0.3, 0.4) is 0 Å². The van der Waals surface area contributed by atoms with E-state index in [1.165, 1.54) is 6.07 Å². The van der Waals surface area contributed by atoms with Gasteiger partial charge in [0.2, 0.25) is 5.91 Å². The first-order valence-corrected chi connectivity index (χ1v) is 7.20. The van der Waals surface area contributed by atoms with E-state index < -0.39 is 0 Å². The molecule has 0 spiro atoms. The van der Waals surface area contributed by atoms with Crippen LogP contribution in [0.25, 0.3) is 0 Å². The van der Waals surface area contributed by atoms with Gasteiger partial charge >= 0.3 is 0 Å². The van der Waals surface area contributed by atoms with E-state index in [0.717, 1.165) is 44.3 Å². The average Bonchev–Trinajstić information content (AvgIpc) is 2.46. The molecule has 1 heterocycles. The molecule has 1 aromatic carbocycles. The fourth-order valence-electron chi connectivity index (χ4n) is 2.81. The summed E-state index contributed by atoms with van der Waals surface area (Å²) in [6.45, 7) is 1.80. The topological polar surface area (TPSA) is 29.5 Å². The summed E-state index contributed by atoms with van der Waals surface area (Å²) in [7, 11) is 1.54. The molecule has 0 radical (unpaired) electrons. The van der Waals surface area contributed by atoms with Crippen LogP contribution in [0.1, 0.15) is 24.8 Å². The SMILES string of the molecule is COCC(=O)N1CCC[C@H](CCc2cccc(F)c2)C1. The maximum Gasteiger partial charge on any atom is 0.248 e. The van der Waals surface area contributed by atoms with Gasteiger partial charge in [-0.1, -0.05) is 12.1 Å². The van der Waals surface area contributed by atoms with E-state index in [1.54, 1.807) is 19.2 Å². The third-order valence-electron chi connectivity index (χ3n) is 3.87. The van der Waals surface area contributed by atoms with Crippen molar-refractivity contribution < 1.29 is 13.9 Å². The first kappa shape index (κ1) is 15.0. The van der Waals surface area contributed by atoms with Gasteiger partial charge in [0, 0.05) is 20.2 Å². The van der Waals surface area contributed by atoms with Gasteiger partial charge in [0.15, 0.2) is 0 Å². The number of carbonyl (C=O) groups is 1. The Morgan fingerprint density at radius 1 is 1.50 bits per heavy atom. The average molecular weight is 279 g/mol. The number of carbonyl (C=O) groups excluding carboxylic acids is 1. The first-order valence-electron chi connectivity index (χ1n) is 7.20. The minimum absolute atomic E-state index is 0.0722. The molecule has 1 aliphatic rings. The van der Waals surface area contributed by atoms with Crippen LogP contribution < -0.4 is 0 Å². The Labute approximate surface area is 119 Å². The molecule has 4 heteroatoms. The number of nitrogens with zero attached hydrogens (tertiary/aromatic N) is 1. The Hall–Kier alpha value is -1.42. The third kappa shape index (κ3) is 4.30. The van der Waals surface area contributed by atoms with Crippen molar-refractivity contribution in [3.8, 4) is 0 Å². The van der Waals surface area contributed by atoms with Crippen molar-refractivity contribution >= 4 is 5.91 Å². The summed E-state index contributed by atoms with van der Waals surface area (Å²) in [4.78, 5) is 13.7. The van der Waals surface area contributed by atoms with Crippen LogP contribution in [0.5, 0.6) is 0 Å². The number of aryl methyl sites for hydroxylation is 1. The van der Waals surface area contributed by atoms with Crippen LogP contribution in [-0.2, 0) is 16.0 Å². The van der Waals surface area contributed by atoms with Crippen LogP contribution in [0.15, 0.2) is 24.3 Å². The highest BCUT2D eigenvalue weighted by Gasteiger charge is 2.23. The first-order chi connectivity index (χ1) is 9.69. The normalized spacial score (nSPS) is 19.1. The van der Waals surface area contributed by atoms with Crippen LogP contribution in [-0.4, -0.2) is 37.6 Å². The van der Waals surface area contributed by atoms with E-state index in [9.17, 15) is 9.18 Å². The number of amides is 1. The van der Waals surface area contributed by atoms with Crippen LogP contribution in [0.2, 0.25) is 0 Å². The predicted molar refractivity (Wildman–Crippen MR) is 75.9 cm³/mol. The molecule has 0 saturated carbocycles. The molecule has 0 bridgehead atoms. The summed E-state index contributed by atoms with van der Waals surface area (Å²) in [6.07, 6.45) is 4.06. The van der Waals surface area contributed by atoms with Crippen molar-refractivity contribution in [3.63, 3.8) is 0 Å². The summed E-state index contributed by atoms with van der Waals surface area (Å²) in [5.74, 6) is 0.402. The molecule has 2 rings (SSSR count). The molecule has 0 aliphatic carbocycles. The summed E-state index contributed by atoms with van der Waals surface area (Å²) in [5, 5.41) is 0. The number of methoxy groups -OCH3 is 1. The number of hydrogen-bond donors (Lipinski definition) is 0. The van der Waals surface area contributed by atoms with Crippen molar-refractivity contribution in [3.05, 3.63) is 35.6 Å². The van der Waals surface area contributed by atoms with Gasteiger partial charge in [-0.15, -0.1) is 0 Å². The molecular formula is C16H22FNO2. The quantitative estimate of drug-likeness (QED) is 0.829. The number of benzene rings is 1. The van der Waals surface area contributed by atoms with Gasteiger partial charge in [-0.05, 0) is 49.3 Å². The van der Waals surface area contributed by atoms with Crippen LogP contribution >= 0.6 is 0 Å². The molecule has 3 nitrogen and oxygen atoms in total. The van der Waals surface area contributed by atoms with E-state index in [0.29, 0.717) is 5.92 Å². The largest absolute Gasteiger partial charge is 0.375 e. The second-order valence-electron chi connectivity index (χ2n) is 5.45. The fourth-order valence-corrected chi connectivity index (χ4v) is 2.81. The van der Waals surface area contributed by atoms with Gasteiger partial charge in [0.1, 0.15) is 12.4 Å². The lowest BCUT2D eigenvalue weighted by molar-refractivity contribution is -0.137. The number of likely N-dealkylation sites (tertiary alicyclic amines) is 1. The number of hydrogen-bond acceptors (Lipinski definition) is 2. The fraction of sp³-hybridized carbons (Fsp3) is 0.562. The van der Waals surface area contributed by atoms with Gasteiger partial charge in [-0.3, -0.25) is 4.79 Å². The van der Waals surface area contributed by atoms with Crippen molar-refractivity contribution in [2.75, 3.05) is 26.8 Å². The zero-order chi connectivity index (χ0) is 14.4. The second-order valence-corrected chi connectivity index (χ2v) is 5.45. The zero-order valence-corrected chi connectivity index (χ0v) is 12.0. The van der Waals surface area contributed by atoms with Gasteiger partial charge in [-0.25, -0.2) is 4.39 Å². The Morgan fingerprint density at radius 2 is 2.35 bits per heavy atom. The number of halogens is 1. The number of rotatable bonds is 5. The minimum atomic E-state index is -0.178. The highest BCUT2D eigenvalue weighted by atomic mass is 19.1. The molecule has 1 fully saturated rings. The van der Waals surface area contributed by atoms with Crippen molar-refractivity contribution in [2.24, 2.45) is 5.92 Å². The summed E-state index contributed by atoms with van der Waals surface area (Å²) >= 11 is 0. The molecule has 20 heavy (non-hydrogen) atoms. The van der Waals surface area contributed by atoms with E-state index in [4.69, 9.17) is 4.74 Å². The van der Waals surface area contributed by atoms with Gasteiger partial charge in [-0.2, -0.15) is 0 Å². The highest BCUT2D eigenvalue weighted by molar-refractivity contribution is 5.77. The smallest absolute Gasteiger partial charge is 0.248 e. The van der Waals surface area contributed by atoms with Crippen molar-refractivity contribution in [1.29, 1.82) is 0 Å². The third-order valence-corrected chi connectivity index (χ3v) is 3.87. The van der Waals surface area contributed by atoms with E-state index in [-0.39, 0.29) is 18.3 Å². The maximum atomic E-state index is 13.1. The lowest BCUT2D eigenvalue weighted by Crippen LogP contribution is -2.41. The molecule has 1 saturated heterocycles. The monoisotopic (exact) mass is 279 g/mol. The van der Waals surface area contributed by atoms with Crippen molar-refractivity contribution in [1.82, 2.24) is 4.90 Å². The van der Waals surface area contributed by atoms with E-state index in [2.05, 4.69) is 0 Å². The molecule has 0 unspecified atom stereocenters. The second kappa shape index (κ2) is 7.39. The maximum absolute atomic E-state index is 13.1. The Morgan fingerprint density at radius 3 is 3.10 bits per heavy atom. The zero-order valence-electron chi connectivity index (χ0n) is 12.0. The molecular weight excluding hydrogens is 257 g/mol. The Kier molecular flexibility index (Phi) is 5.53. The molecule has 1 aromatic rings. The molecule has 1 atom stereocenters. The van der Waals surface area contributed by atoms with E-state index in [1.807, 2.05) is 11.0 Å². The number of piperidine rings is 1. The summed E-state index contributed by atoms with van der Waals surface area (Å²) in [6, 6.07) is 6.77. The molecule has 0 N–H and O–H groups in total. The minimum Gasteiger partial charge on any atom is -0.375 e. The molecule has 1 amide bonds. The van der Waals surface area contributed by atoms with Gasteiger partial charge in [0.25, 0.3) is 0 Å². The number of ether oxygens (including phenoxy) is 1. The van der Waals surface area contributed by atoms with Crippen LogP contribution in [0, 0.1) is 11.7 Å². The predicted octanol–water partition coefficient (Wildman–Crippen LogP) is 2.64. The standard InChI is InChI=1S/C16H22FNO2/c1-20-12-16(19)18-9-3-5-14(11-18)8-7-13-4-2-6-15(17)10-13/h2,4,6,10,14H,3,5,7-9,11-12H2,1H3/t14-/m1/s1. The lowest BCUT2D eigenvalue weighted by atomic mass is 9.91. The summed E-state index contributed by atoms with van der Waals surface area (Å²) in [5.41, 5.74) is 1.03. The molecule has 1 aliphatic heterocycles. The van der Waals surface area contributed by atoms with Crippen molar-refractivity contribution in [2.45, 2.75) is 25.7 Å². The highest BCUT2D eigenvalue weighted by Crippen LogP contribution is 2.22. The van der Waals surface area contributed by atoms with Gasteiger partial charge < -0.3 is 9.64 Å². The summed E-state index contributed by atoms with van der Waals surface area (Å²) < 4.78 is 18.0. The Balaban J connectivity index is 1.82. The molecule has 0 aromatic heterocycles. The van der Waals surface area contributed by atoms with Gasteiger partial charge in [0.05, 0.1) is 0 Å². The Bertz CT molecular complexity index is 450. The van der Waals surface area contributed by atoms with E-state index >= 15 is 0 Å². The van der Waals surface area contributed by atoms with Crippen LogP contribution in [0.4, 0.5) is 4.39 Å². The lowest BCUT2D eigenvalue weighted by Gasteiger charge is -2.32. The molecule has 110 valence electrons.